The number of aliphatic hydroxyl groups is 3. The lowest BCUT2D eigenvalue weighted by molar-refractivity contribution is -0.175. The van der Waals surface area contributed by atoms with E-state index in [-0.39, 0.29) is 6.61 Å². The van der Waals surface area contributed by atoms with Crippen LogP contribution in [0.15, 0.2) is 0 Å². The summed E-state index contributed by atoms with van der Waals surface area (Å²) in [6.07, 6.45) is -3.62. The Hall–Kier alpha value is -0.280. The molecule has 20 heavy (non-hydrogen) atoms. The summed E-state index contributed by atoms with van der Waals surface area (Å²) < 4.78 is 22.8. The fourth-order valence-electron chi connectivity index (χ4n) is 2.76. The van der Waals surface area contributed by atoms with Gasteiger partial charge < -0.3 is 34.3 Å². The Balaban J connectivity index is 2.20. The van der Waals surface area contributed by atoms with Gasteiger partial charge in [0.25, 0.3) is 0 Å². The Kier molecular flexibility index (Phi) is 4.42. The molecule has 2 heterocycles. The lowest BCUT2D eigenvalue weighted by atomic mass is 10.00. The molecule has 0 amide bonds. The van der Waals surface area contributed by atoms with Gasteiger partial charge in [-0.05, 0) is 27.7 Å². The van der Waals surface area contributed by atoms with Crippen molar-refractivity contribution in [3.8, 4) is 0 Å². The Bertz CT molecular complexity index is 344. The van der Waals surface area contributed by atoms with Crippen molar-refractivity contribution >= 4 is 0 Å². The maximum Gasteiger partial charge on any atom is 0.164 e. The summed E-state index contributed by atoms with van der Waals surface area (Å²) in [4.78, 5) is 0. The Morgan fingerprint density at radius 2 is 1.45 bits per heavy atom. The summed E-state index contributed by atoms with van der Waals surface area (Å²) in [7, 11) is 0. The van der Waals surface area contributed by atoms with Gasteiger partial charge in [0.05, 0.1) is 13.2 Å². The zero-order valence-corrected chi connectivity index (χ0v) is 12.3. The third-order valence-corrected chi connectivity index (χ3v) is 3.46. The van der Waals surface area contributed by atoms with Crippen molar-refractivity contribution in [2.45, 2.75) is 69.8 Å². The number of aliphatic hydroxyl groups excluding tert-OH is 3. The van der Waals surface area contributed by atoms with Crippen LogP contribution in [0.2, 0.25) is 0 Å². The van der Waals surface area contributed by atoms with E-state index < -0.39 is 48.7 Å². The van der Waals surface area contributed by atoms with Crippen LogP contribution >= 0.6 is 0 Å². The predicted octanol–water partition coefficient (Wildman–Crippen LogP) is -0.628. The van der Waals surface area contributed by atoms with Gasteiger partial charge in [-0.15, -0.1) is 0 Å². The van der Waals surface area contributed by atoms with Crippen molar-refractivity contribution in [2.24, 2.45) is 0 Å². The van der Waals surface area contributed by atoms with Crippen molar-refractivity contribution < 1.29 is 34.3 Å². The molecule has 7 nitrogen and oxygen atoms in total. The van der Waals surface area contributed by atoms with Crippen molar-refractivity contribution in [1.82, 2.24) is 0 Å². The Morgan fingerprint density at radius 1 is 0.900 bits per heavy atom. The Morgan fingerprint density at radius 3 is 2.00 bits per heavy atom. The summed E-state index contributed by atoms with van der Waals surface area (Å²) >= 11 is 0. The van der Waals surface area contributed by atoms with E-state index in [1.807, 2.05) is 0 Å². The van der Waals surface area contributed by atoms with Crippen LogP contribution in [0, 0.1) is 0 Å². The van der Waals surface area contributed by atoms with Crippen LogP contribution in [0.4, 0.5) is 0 Å². The highest BCUT2D eigenvalue weighted by Gasteiger charge is 2.55. The van der Waals surface area contributed by atoms with Gasteiger partial charge >= 0.3 is 0 Å². The maximum atomic E-state index is 9.90. The first-order valence-electron chi connectivity index (χ1n) is 6.80. The number of hydrogen-bond donors (Lipinski definition) is 3. The molecule has 0 aliphatic carbocycles. The molecule has 5 atom stereocenters. The molecule has 0 aromatic rings. The normalized spacial score (nSPS) is 41.0. The van der Waals surface area contributed by atoms with Crippen LogP contribution in [0.3, 0.4) is 0 Å². The summed E-state index contributed by atoms with van der Waals surface area (Å²) in [6.45, 7) is 6.26. The highest BCUT2D eigenvalue weighted by Crippen LogP contribution is 2.39. The van der Waals surface area contributed by atoms with E-state index in [0.717, 1.165) is 0 Å². The molecule has 0 spiro atoms. The van der Waals surface area contributed by atoms with E-state index >= 15 is 0 Å². The van der Waals surface area contributed by atoms with Gasteiger partial charge in [0.2, 0.25) is 0 Å². The first kappa shape index (κ1) is 16.1. The van der Waals surface area contributed by atoms with Crippen LogP contribution in [0.5, 0.6) is 0 Å². The zero-order valence-electron chi connectivity index (χ0n) is 12.3. The largest absolute Gasteiger partial charge is 0.394 e. The highest BCUT2D eigenvalue weighted by atomic mass is 16.8. The minimum Gasteiger partial charge on any atom is -0.394 e. The lowest BCUT2D eigenvalue weighted by Gasteiger charge is -2.27. The summed E-state index contributed by atoms with van der Waals surface area (Å²) in [6, 6.07) is 0. The predicted molar refractivity (Wildman–Crippen MR) is 67.8 cm³/mol. The van der Waals surface area contributed by atoms with Gasteiger partial charge in [-0.1, -0.05) is 0 Å². The molecule has 0 aromatic heterocycles. The minimum absolute atomic E-state index is 0.226. The molecular formula is C13H24O7. The van der Waals surface area contributed by atoms with Crippen molar-refractivity contribution in [2.75, 3.05) is 13.2 Å². The summed E-state index contributed by atoms with van der Waals surface area (Å²) in [5.74, 6) is -1.75. The number of hydrogen-bond acceptors (Lipinski definition) is 7. The smallest absolute Gasteiger partial charge is 0.164 e. The van der Waals surface area contributed by atoms with Gasteiger partial charge in [0.1, 0.15) is 30.5 Å². The SMILES string of the molecule is CC1(C)O[C@H]([C@H]2OC(C)(C)O[C@@H]2C(O)CO)[C@H](CO)O1. The lowest BCUT2D eigenvalue weighted by Crippen LogP contribution is -2.48. The maximum absolute atomic E-state index is 9.90. The summed E-state index contributed by atoms with van der Waals surface area (Å²) in [5.41, 5.74) is 0. The van der Waals surface area contributed by atoms with E-state index in [2.05, 4.69) is 0 Å². The molecule has 3 N–H and O–H groups in total. The van der Waals surface area contributed by atoms with E-state index in [0.29, 0.717) is 0 Å². The average molecular weight is 292 g/mol. The van der Waals surface area contributed by atoms with E-state index in [1.165, 1.54) is 0 Å². The third kappa shape index (κ3) is 3.14. The second kappa shape index (κ2) is 5.49. The van der Waals surface area contributed by atoms with Crippen LogP contribution < -0.4 is 0 Å². The van der Waals surface area contributed by atoms with Crippen LogP contribution in [0.1, 0.15) is 27.7 Å². The fraction of sp³-hybridized carbons (Fsp3) is 1.00. The number of ether oxygens (including phenoxy) is 4. The van der Waals surface area contributed by atoms with Crippen LogP contribution in [-0.2, 0) is 18.9 Å². The molecule has 0 radical (unpaired) electrons. The second-order valence-corrected chi connectivity index (χ2v) is 6.14. The molecule has 2 aliphatic heterocycles. The molecule has 0 aromatic carbocycles. The minimum atomic E-state index is -1.09. The molecule has 2 saturated heterocycles. The fourth-order valence-corrected chi connectivity index (χ4v) is 2.76. The number of rotatable bonds is 4. The molecule has 1 unspecified atom stereocenters. The first-order valence-corrected chi connectivity index (χ1v) is 6.80. The van der Waals surface area contributed by atoms with Crippen molar-refractivity contribution in [1.29, 1.82) is 0 Å². The van der Waals surface area contributed by atoms with Gasteiger partial charge in [0.15, 0.2) is 11.6 Å². The third-order valence-electron chi connectivity index (χ3n) is 3.46. The zero-order chi connectivity index (χ0) is 15.1. The molecular weight excluding hydrogens is 268 g/mol. The van der Waals surface area contributed by atoms with Gasteiger partial charge in [-0.2, -0.15) is 0 Å². The van der Waals surface area contributed by atoms with Gasteiger partial charge in [-0.25, -0.2) is 0 Å². The standard InChI is InChI=1S/C13H24O7/c1-12(2)17-8(6-15)10(19-12)11-9(7(16)5-14)18-13(3,4)20-11/h7-11,14-16H,5-6H2,1-4H3/t7?,8-,9+,10-,11-/m0/s1. The topological polar surface area (TPSA) is 97.6 Å². The van der Waals surface area contributed by atoms with Gasteiger partial charge in [0, 0.05) is 0 Å². The molecule has 2 fully saturated rings. The monoisotopic (exact) mass is 292 g/mol. The molecule has 2 rings (SSSR count). The molecule has 0 saturated carbocycles. The van der Waals surface area contributed by atoms with Gasteiger partial charge in [-0.3, -0.25) is 0 Å². The highest BCUT2D eigenvalue weighted by molar-refractivity contribution is 4.97. The first-order chi connectivity index (χ1) is 9.19. The molecule has 118 valence electrons. The van der Waals surface area contributed by atoms with Crippen LogP contribution in [-0.4, -0.2) is 70.6 Å². The van der Waals surface area contributed by atoms with Crippen LogP contribution in [0.25, 0.3) is 0 Å². The van der Waals surface area contributed by atoms with E-state index in [4.69, 9.17) is 24.1 Å². The summed E-state index contributed by atoms with van der Waals surface area (Å²) in [5, 5.41) is 28.5. The molecule has 2 aliphatic rings. The van der Waals surface area contributed by atoms with E-state index in [1.54, 1.807) is 27.7 Å². The van der Waals surface area contributed by atoms with Crippen molar-refractivity contribution in [3.63, 3.8) is 0 Å². The second-order valence-electron chi connectivity index (χ2n) is 6.14. The Labute approximate surface area is 118 Å². The molecule has 0 bridgehead atoms. The quantitative estimate of drug-likeness (QED) is 0.635. The van der Waals surface area contributed by atoms with Crippen molar-refractivity contribution in [3.05, 3.63) is 0 Å². The average Bonchev–Trinajstić information content (AvgIpc) is 2.84. The molecule has 7 heteroatoms. The van der Waals surface area contributed by atoms with E-state index in [9.17, 15) is 10.2 Å².